The zero-order valence-corrected chi connectivity index (χ0v) is 7.80. The molecule has 0 N–H and O–H groups in total. The molecule has 3 nitrogen and oxygen atoms in total. The third-order valence-electron chi connectivity index (χ3n) is 2.51. The number of hydrogen-bond donors (Lipinski definition) is 0. The summed E-state index contributed by atoms with van der Waals surface area (Å²) >= 11 is 1.74. The molecule has 4 heteroatoms. The molecule has 0 saturated carbocycles. The summed E-state index contributed by atoms with van der Waals surface area (Å²) < 4.78 is 11.1. The van der Waals surface area contributed by atoms with E-state index in [1.54, 1.807) is 11.8 Å². The van der Waals surface area contributed by atoms with E-state index in [0.29, 0.717) is 13.2 Å². The first-order valence-corrected chi connectivity index (χ1v) is 5.19. The van der Waals surface area contributed by atoms with Crippen LogP contribution in [0.5, 0.6) is 0 Å². The van der Waals surface area contributed by atoms with Gasteiger partial charge >= 0.3 is 0 Å². The molecular weight excluding hydrogens is 176 g/mol. The van der Waals surface area contributed by atoms with Gasteiger partial charge in [-0.25, -0.2) is 0 Å². The van der Waals surface area contributed by atoms with Crippen LogP contribution in [-0.2, 0) is 14.3 Å². The molecule has 1 spiro atoms. The summed E-state index contributed by atoms with van der Waals surface area (Å²) in [5.41, 5.74) is 0. The SMILES string of the molecule is CC1SCC(C=O)C12OCCO2. The van der Waals surface area contributed by atoms with Crippen LogP contribution in [0.25, 0.3) is 0 Å². The minimum atomic E-state index is -0.591. The topological polar surface area (TPSA) is 35.5 Å². The number of rotatable bonds is 1. The first-order chi connectivity index (χ1) is 5.79. The van der Waals surface area contributed by atoms with Crippen molar-refractivity contribution in [1.29, 1.82) is 0 Å². The van der Waals surface area contributed by atoms with Gasteiger partial charge in [0.15, 0.2) is 5.79 Å². The Balaban J connectivity index is 2.22. The van der Waals surface area contributed by atoms with E-state index in [0.717, 1.165) is 12.0 Å². The Morgan fingerprint density at radius 2 is 2.17 bits per heavy atom. The molecule has 2 aliphatic rings. The van der Waals surface area contributed by atoms with E-state index in [-0.39, 0.29) is 11.2 Å². The van der Waals surface area contributed by atoms with Crippen LogP contribution in [0.4, 0.5) is 0 Å². The molecule has 0 bridgehead atoms. The second kappa shape index (κ2) is 3.01. The zero-order chi connectivity index (χ0) is 8.60. The van der Waals surface area contributed by atoms with Crippen LogP contribution in [0.2, 0.25) is 0 Å². The first-order valence-electron chi connectivity index (χ1n) is 4.14. The van der Waals surface area contributed by atoms with Crippen LogP contribution >= 0.6 is 11.8 Å². The maximum Gasteiger partial charge on any atom is 0.190 e. The lowest BCUT2D eigenvalue weighted by Crippen LogP contribution is -2.43. The fraction of sp³-hybridized carbons (Fsp3) is 0.875. The van der Waals surface area contributed by atoms with E-state index >= 15 is 0 Å². The van der Waals surface area contributed by atoms with Gasteiger partial charge in [-0.1, -0.05) is 0 Å². The molecule has 2 aliphatic heterocycles. The molecule has 0 aliphatic carbocycles. The lowest BCUT2D eigenvalue weighted by Gasteiger charge is -2.29. The van der Waals surface area contributed by atoms with Crippen LogP contribution in [0.15, 0.2) is 0 Å². The van der Waals surface area contributed by atoms with Gasteiger partial charge in [0.05, 0.1) is 24.4 Å². The van der Waals surface area contributed by atoms with E-state index in [9.17, 15) is 4.79 Å². The van der Waals surface area contributed by atoms with Crippen LogP contribution in [0.3, 0.4) is 0 Å². The van der Waals surface area contributed by atoms with E-state index in [4.69, 9.17) is 9.47 Å². The number of carbonyl (C=O) groups excluding carboxylic acids is 1. The third-order valence-corrected chi connectivity index (χ3v) is 3.89. The van der Waals surface area contributed by atoms with Crippen molar-refractivity contribution in [1.82, 2.24) is 0 Å². The summed E-state index contributed by atoms with van der Waals surface area (Å²) in [6.07, 6.45) is 0.960. The molecular formula is C8H12O3S. The second-order valence-corrected chi connectivity index (χ2v) is 4.51. The number of hydrogen-bond acceptors (Lipinski definition) is 4. The highest BCUT2D eigenvalue weighted by atomic mass is 32.2. The largest absolute Gasteiger partial charge is 0.346 e. The number of thioether (sulfide) groups is 1. The highest BCUT2D eigenvalue weighted by molar-refractivity contribution is 8.00. The summed E-state index contributed by atoms with van der Waals surface area (Å²) in [6.45, 7) is 3.30. The Bertz CT molecular complexity index is 189. The van der Waals surface area contributed by atoms with Gasteiger partial charge in [-0.05, 0) is 6.92 Å². The van der Waals surface area contributed by atoms with Crippen LogP contribution in [-0.4, -0.2) is 36.3 Å². The predicted molar refractivity (Wildman–Crippen MR) is 46.1 cm³/mol. The Morgan fingerprint density at radius 1 is 1.50 bits per heavy atom. The van der Waals surface area contributed by atoms with Crippen LogP contribution < -0.4 is 0 Å². The van der Waals surface area contributed by atoms with Crippen molar-refractivity contribution in [2.45, 2.75) is 18.0 Å². The zero-order valence-electron chi connectivity index (χ0n) is 6.99. The fourth-order valence-corrected chi connectivity index (χ4v) is 3.16. The minimum absolute atomic E-state index is 0.0833. The maximum absolute atomic E-state index is 10.7. The molecule has 2 atom stereocenters. The molecule has 0 radical (unpaired) electrons. The Labute approximate surface area is 75.8 Å². The molecule has 0 amide bonds. The molecule has 0 aromatic carbocycles. The molecule has 2 rings (SSSR count). The van der Waals surface area contributed by atoms with Crippen molar-refractivity contribution in [3.8, 4) is 0 Å². The summed E-state index contributed by atoms with van der Waals surface area (Å²) in [5.74, 6) is 0.150. The Morgan fingerprint density at radius 3 is 2.75 bits per heavy atom. The lowest BCUT2D eigenvalue weighted by molar-refractivity contribution is -0.180. The monoisotopic (exact) mass is 188 g/mol. The van der Waals surface area contributed by atoms with Crippen molar-refractivity contribution in [2.24, 2.45) is 5.92 Å². The molecule has 2 fully saturated rings. The second-order valence-electron chi connectivity index (χ2n) is 3.14. The van der Waals surface area contributed by atoms with Crippen LogP contribution in [0.1, 0.15) is 6.92 Å². The number of ether oxygens (including phenoxy) is 2. The van der Waals surface area contributed by atoms with Gasteiger partial charge in [0.25, 0.3) is 0 Å². The molecule has 12 heavy (non-hydrogen) atoms. The van der Waals surface area contributed by atoms with E-state index in [1.165, 1.54) is 0 Å². The van der Waals surface area contributed by atoms with Crippen molar-refractivity contribution in [3.63, 3.8) is 0 Å². The van der Waals surface area contributed by atoms with Gasteiger partial charge in [0.1, 0.15) is 6.29 Å². The number of carbonyl (C=O) groups is 1. The maximum atomic E-state index is 10.7. The highest BCUT2D eigenvalue weighted by Crippen LogP contribution is 2.44. The summed E-state index contributed by atoms with van der Waals surface area (Å²) in [6, 6.07) is 0. The normalized spacial score (nSPS) is 39.1. The summed E-state index contributed by atoms with van der Waals surface area (Å²) in [7, 11) is 0. The van der Waals surface area contributed by atoms with E-state index < -0.39 is 5.79 Å². The summed E-state index contributed by atoms with van der Waals surface area (Å²) in [5, 5.41) is 0.273. The van der Waals surface area contributed by atoms with Gasteiger partial charge in [-0.3, -0.25) is 0 Å². The fourth-order valence-electron chi connectivity index (χ4n) is 1.81. The molecule has 0 aromatic rings. The van der Waals surface area contributed by atoms with E-state index in [2.05, 4.69) is 6.92 Å². The Kier molecular flexibility index (Phi) is 2.14. The van der Waals surface area contributed by atoms with Gasteiger partial charge < -0.3 is 14.3 Å². The quantitative estimate of drug-likeness (QED) is 0.567. The molecule has 2 unspecified atom stereocenters. The minimum Gasteiger partial charge on any atom is -0.346 e. The van der Waals surface area contributed by atoms with E-state index in [1.807, 2.05) is 0 Å². The first kappa shape index (κ1) is 8.53. The highest BCUT2D eigenvalue weighted by Gasteiger charge is 2.53. The number of aldehydes is 1. The molecule has 2 saturated heterocycles. The standard InChI is InChI=1S/C8H12O3S/c1-6-8(10-2-3-11-8)7(4-9)5-12-6/h4,6-7H,2-3,5H2,1H3. The van der Waals surface area contributed by atoms with Crippen molar-refractivity contribution < 1.29 is 14.3 Å². The average Bonchev–Trinajstić information content (AvgIpc) is 2.65. The molecule has 2 heterocycles. The van der Waals surface area contributed by atoms with Gasteiger partial charge in [-0.15, -0.1) is 0 Å². The summed E-state index contributed by atoms with van der Waals surface area (Å²) in [4.78, 5) is 10.7. The van der Waals surface area contributed by atoms with Gasteiger partial charge in [0.2, 0.25) is 0 Å². The van der Waals surface area contributed by atoms with Crippen LogP contribution in [0, 0.1) is 5.92 Å². The van der Waals surface area contributed by atoms with Crippen molar-refractivity contribution in [3.05, 3.63) is 0 Å². The van der Waals surface area contributed by atoms with Gasteiger partial charge in [-0.2, -0.15) is 11.8 Å². The average molecular weight is 188 g/mol. The Hall–Kier alpha value is -0.0600. The smallest absolute Gasteiger partial charge is 0.190 e. The van der Waals surface area contributed by atoms with Crippen molar-refractivity contribution in [2.75, 3.05) is 19.0 Å². The third kappa shape index (κ3) is 1.02. The van der Waals surface area contributed by atoms with Gasteiger partial charge in [0, 0.05) is 5.75 Å². The molecule has 68 valence electrons. The molecule has 0 aromatic heterocycles. The lowest BCUT2D eigenvalue weighted by atomic mass is 10.00. The van der Waals surface area contributed by atoms with Crippen molar-refractivity contribution >= 4 is 18.0 Å². The predicted octanol–water partition coefficient (Wildman–Crippen LogP) is 0.680.